The highest BCUT2D eigenvalue weighted by atomic mass is 35.5. The van der Waals surface area contributed by atoms with Crippen LogP contribution >= 0.6 is 11.6 Å². The number of likely N-dealkylation sites (tertiary alicyclic amines) is 1. The highest BCUT2D eigenvalue weighted by Crippen LogP contribution is 2.34. The first-order valence-corrected chi connectivity index (χ1v) is 8.50. The SMILES string of the molecule is NC1CCN(C(=O)CC(F)(F)c2ccc(-c3ccc(Cl)cc3)cc2)C1. The molecule has 1 aliphatic rings. The van der Waals surface area contributed by atoms with Gasteiger partial charge in [0, 0.05) is 29.7 Å². The van der Waals surface area contributed by atoms with Gasteiger partial charge in [-0.25, -0.2) is 8.78 Å². The molecule has 1 amide bonds. The van der Waals surface area contributed by atoms with E-state index in [0.29, 0.717) is 24.5 Å². The molecule has 132 valence electrons. The lowest BCUT2D eigenvalue weighted by atomic mass is 10.00. The minimum Gasteiger partial charge on any atom is -0.341 e. The fraction of sp³-hybridized carbons (Fsp3) is 0.316. The van der Waals surface area contributed by atoms with Crippen molar-refractivity contribution < 1.29 is 13.6 Å². The summed E-state index contributed by atoms with van der Waals surface area (Å²) < 4.78 is 28.9. The van der Waals surface area contributed by atoms with Crippen LogP contribution in [0.2, 0.25) is 5.02 Å². The number of nitrogens with zero attached hydrogens (tertiary/aromatic N) is 1. The Morgan fingerprint density at radius 1 is 1.12 bits per heavy atom. The molecule has 0 saturated carbocycles. The van der Waals surface area contributed by atoms with Gasteiger partial charge in [0.2, 0.25) is 5.91 Å². The first-order valence-electron chi connectivity index (χ1n) is 8.13. The lowest BCUT2D eigenvalue weighted by molar-refractivity contribution is -0.138. The Morgan fingerprint density at radius 2 is 1.68 bits per heavy atom. The molecule has 1 fully saturated rings. The summed E-state index contributed by atoms with van der Waals surface area (Å²) in [6, 6.07) is 13.0. The van der Waals surface area contributed by atoms with E-state index in [-0.39, 0.29) is 11.6 Å². The van der Waals surface area contributed by atoms with Gasteiger partial charge in [-0.3, -0.25) is 4.79 Å². The molecule has 2 aromatic carbocycles. The van der Waals surface area contributed by atoms with Crippen molar-refractivity contribution in [2.75, 3.05) is 13.1 Å². The summed E-state index contributed by atoms with van der Waals surface area (Å²) in [6.45, 7) is 0.802. The smallest absolute Gasteiger partial charge is 0.281 e. The second kappa shape index (κ2) is 7.10. The van der Waals surface area contributed by atoms with E-state index in [4.69, 9.17) is 17.3 Å². The predicted molar refractivity (Wildman–Crippen MR) is 94.6 cm³/mol. The Morgan fingerprint density at radius 3 is 2.20 bits per heavy atom. The normalized spacial score (nSPS) is 17.8. The number of carbonyl (C=O) groups is 1. The number of alkyl halides is 2. The molecule has 0 spiro atoms. The summed E-state index contributed by atoms with van der Waals surface area (Å²) in [5.74, 6) is -3.76. The van der Waals surface area contributed by atoms with Crippen LogP contribution in [0.1, 0.15) is 18.4 Å². The van der Waals surface area contributed by atoms with Crippen molar-refractivity contribution in [1.82, 2.24) is 4.90 Å². The van der Waals surface area contributed by atoms with E-state index in [2.05, 4.69) is 0 Å². The Hall–Kier alpha value is -1.98. The average molecular weight is 365 g/mol. The number of amides is 1. The van der Waals surface area contributed by atoms with Gasteiger partial charge in [0.05, 0.1) is 6.42 Å². The molecule has 1 heterocycles. The van der Waals surface area contributed by atoms with Gasteiger partial charge in [-0.15, -0.1) is 0 Å². The molecule has 25 heavy (non-hydrogen) atoms. The van der Waals surface area contributed by atoms with Crippen molar-refractivity contribution in [2.24, 2.45) is 5.73 Å². The largest absolute Gasteiger partial charge is 0.341 e. The van der Waals surface area contributed by atoms with Gasteiger partial charge in [0.25, 0.3) is 5.92 Å². The molecule has 0 aliphatic carbocycles. The second-order valence-electron chi connectivity index (χ2n) is 6.35. The van der Waals surface area contributed by atoms with Crippen LogP contribution in [-0.4, -0.2) is 29.9 Å². The van der Waals surface area contributed by atoms with Gasteiger partial charge in [-0.2, -0.15) is 0 Å². The van der Waals surface area contributed by atoms with Gasteiger partial charge >= 0.3 is 0 Å². The average Bonchev–Trinajstić information content (AvgIpc) is 3.02. The Bertz CT molecular complexity index is 747. The fourth-order valence-corrected chi connectivity index (χ4v) is 3.09. The fourth-order valence-electron chi connectivity index (χ4n) is 2.97. The highest BCUT2D eigenvalue weighted by molar-refractivity contribution is 6.30. The van der Waals surface area contributed by atoms with E-state index in [9.17, 15) is 13.6 Å². The molecular weight excluding hydrogens is 346 g/mol. The number of carbonyl (C=O) groups excluding carboxylic acids is 1. The molecule has 1 unspecified atom stereocenters. The van der Waals surface area contributed by atoms with Gasteiger partial charge in [-0.05, 0) is 29.7 Å². The quantitative estimate of drug-likeness (QED) is 0.889. The van der Waals surface area contributed by atoms with E-state index >= 15 is 0 Å². The molecule has 0 bridgehead atoms. The first-order chi connectivity index (χ1) is 11.8. The van der Waals surface area contributed by atoms with E-state index in [1.54, 1.807) is 24.3 Å². The van der Waals surface area contributed by atoms with Gasteiger partial charge in [0.15, 0.2) is 0 Å². The lowest BCUT2D eigenvalue weighted by Gasteiger charge is -2.21. The third-order valence-corrected chi connectivity index (χ3v) is 4.69. The summed E-state index contributed by atoms with van der Waals surface area (Å²) in [5, 5.41) is 0.618. The van der Waals surface area contributed by atoms with Crippen LogP contribution in [0.3, 0.4) is 0 Å². The number of halogens is 3. The topological polar surface area (TPSA) is 46.3 Å². The molecule has 2 N–H and O–H groups in total. The summed E-state index contributed by atoms with van der Waals surface area (Å²) in [7, 11) is 0. The minimum absolute atomic E-state index is 0.115. The molecule has 1 aliphatic heterocycles. The maximum absolute atomic E-state index is 14.4. The molecule has 1 atom stereocenters. The van der Waals surface area contributed by atoms with Crippen LogP contribution in [0.25, 0.3) is 11.1 Å². The van der Waals surface area contributed by atoms with Crippen LogP contribution in [0.15, 0.2) is 48.5 Å². The van der Waals surface area contributed by atoms with Crippen LogP contribution in [0.4, 0.5) is 8.78 Å². The third kappa shape index (κ3) is 4.17. The molecule has 3 rings (SSSR count). The minimum atomic E-state index is -3.21. The zero-order valence-corrected chi connectivity index (χ0v) is 14.3. The van der Waals surface area contributed by atoms with Gasteiger partial charge in [-0.1, -0.05) is 48.0 Å². The Kier molecular flexibility index (Phi) is 5.06. The van der Waals surface area contributed by atoms with Crippen LogP contribution in [-0.2, 0) is 10.7 Å². The van der Waals surface area contributed by atoms with Crippen LogP contribution < -0.4 is 5.73 Å². The maximum Gasteiger partial charge on any atom is 0.281 e. The standard InChI is InChI=1S/C19H19ClF2N2O/c20-16-7-3-14(4-8-16)13-1-5-15(6-2-13)19(21,22)11-18(25)24-10-9-17(23)12-24/h1-8,17H,9-12,23H2. The summed E-state index contributed by atoms with van der Waals surface area (Å²) in [4.78, 5) is 13.5. The monoisotopic (exact) mass is 364 g/mol. The summed E-state index contributed by atoms with van der Waals surface area (Å²) in [5.41, 5.74) is 7.27. The molecular formula is C19H19ClF2N2O. The van der Waals surface area contributed by atoms with Crippen molar-refractivity contribution in [1.29, 1.82) is 0 Å². The van der Waals surface area contributed by atoms with Crippen LogP contribution in [0, 0.1) is 0 Å². The van der Waals surface area contributed by atoms with Gasteiger partial charge in [0.1, 0.15) is 0 Å². The predicted octanol–water partition coefficient (Wildman–Crippen LogP) is 4.05. The highest BCUT2D eigenvalue weighted by Gasteiger charge is 2.37. The summed E-state index contributed by atoms with van der Waals surface area (Å²) >= 11 is 5.85. The third-order valence-electron chi connectivity index (χ3n) is 4.44. The number of nitrogens with two attached hydrogens (primary N) is 1. The maximum atomic E-state index is 14.4. The van der Waals surface area contributed by atoms with Crippen molar-refractivity contribution in [3.8, 4) is 11.1 Å². The lowest BCUT2D eigenvalue weighted by Crippen LogP contribution is -2.35. The van der Waals surface area contributed by atoms with E-state index < -0.39 is 18.3 Å². The second-order valence-corrected chi connectivity index (χ2v) is 6.79. The van der Waals surface area contributed by atoms with E-state index in [1.807, 2.05) is 12.1 Å². The number of hydrogen-bond donors (Lipinski definition) is 1. The number of hydrogen-bond acceptors (Lipinski definition) is 2. The summed E-state index contributed by atoms with van der Waals surface area (Å²) in [6.07, 6.45) is -0.173. The number of benzene rings is 2. The molecule has 0 radical (unpaired) electrons. The van der Waals surface area contributed by atoms with Crippen molar-refractivity contribution in [2.45, 2.75) is 24.8 Å². The molecule has 1 saturated heterocycles. The molecule has 2 aromatic rings. The van der Waals surface area contributed by atoms with Crippen molar-refractivity contribution >= 4 is 17.5 Å². The van der Waals surface area contributed by atoms with Crippen molar-refractivity contribution in [3.63, 3.8) is 0 Å². The Balaban J connectivity index is 1.71. The van der Waals surface area contributed by atoms with Crippen LogP contribution in [0.5, 0.6) is 0 Å². The van der Waals surface area contributed by atoms with Crippen molar-refractivity contribution in [3.05, 3.63) is 59.1 Å². The Labute approximate surface area is 150 Å². The zero-order chi connectivity index (χ0) is 18.0. The molecule has 0 aromatic heterocycles. The molecule has 6 heteroatoms. The first kappa shape index (κ1) is 17.8. The number of rotatable bonds is 4. The van der Waals surface area contributed by atoms with E-state index in [1.165, 1.54) is 17.0 Å². The zero-order valence-electron chi connectivity index (χ0n) is 13.6. The van der Waals surface area contributed by atoms with E-state index in [0.717, 1.165) is 11.1 Å². The van der Waals surface area contributed by atoms with Gasteiger partial charge < -0.3 is 10.6 Å². The molecule has 3 nitrogen and oxygen atoms in total.